The largest absolute Gasteiger partial charge is 0.155 e. The van der Waals surface area contributed by atoms with Crippen LogP contribution in [0.3, 0.4) is 0 Å². The van der Waals surface area contributed by atoms with Gasteiger partial charge in [0.1, 0.15) is 0 Å². The molecule has 0 atom stereocenters. The third-order valence-corrected chi connectivity index (χ3v) is 3.89. The van der Waals surface area contributed by atoms with Crippen molar-refractivity contribution in [3.8, 4) is 0 Å². The second kappa shape index (κ2) is 5.16. The average Bonchev–Trinajstić information content (AvgIpc) is 3.09. The number of rotatable bonds is 5. The lowest BCUT2D eigenvalue weighted by atomic mass is 9.82. The summed E-state index contributed by atoms with van der Waals surface area (Å²) in [5.74, 6) is 2.83. The van der Waals surface area contributed by atoms with Crippen LogP contribution in [0.1, 0.15) is 57.8 Å². The first-order chi connectivity index (χ1) is 8.08. The molecule has 1 heterocycles. The van der Waals surface area contributed by atoms with Gasteiger partial charge in [0.25, 0.3) is 0 Å². The minimum Gasteiger partial charge on any atom is -0.155 e. The molecule has 17 heavy (non-hydrogen) atoms. The zero-order valence-electron chi connectivity index (χ0n) is 11.5. The molecule has 0 N–H and O–H groups in total. The van der Waals surface area contributed by atoms with Gasteiger partial charge in [0.2, 0.25) is 0 Å². The molecule has 0 unspecified atom stereocenters. The molecule has 1 aliphatic carbocycles. The van der Waals surface area contributed by atoms with E-state index in [1.165, 1.54) is 18.5 Å². The molecular weight excluding hydrogens is 208 g/mol. The summed E-state index contributed by atoms with van der Waals surface area (Å²) in [5.41, 5.74) is 2.35. The molecule has 0 saturated heterocycles. The summed E-state index contributed by atoms with van der Waals surface area (Å²) in [6.45, 7) is 9.21. The topological polar surface area (TPSA) is 25.8 Å². The molecule has 1 aromatic heterocycles. The third kappa shape index (κ3) is 3.27. The fraction of sp³-hybridized carbons (Fsp3) is 0.733. The first-order valence-electron chi connectivity index (χ1n) is 6.90. The Kier molecular flexibility index (Phi) is 3.80. The molecule has 1 aliphatic rings. The van der Waals surface area contributed by atoms with Crippen LogP contribution in [0.5, 0.6) is 0 Å². The number of aromatic nitrogens is 2. The lowest BCUT2D eigenvalue weighted by molar-refractivity contribution is 0.283. The van der Waals surface area contributed by atoms with Crippen LogP contribution in [0, 0.1) is 17.8 Å². The fourth-order valence-electron chi connectivity index (χ4n) is 2.56. The Morgan fingerprint density at radius 2 is 1.71 bits per heavy atom. The smallest absolute Gasteiger partial charge is 0.0662 e. The van der Waals surface area contributed by atoms with Crippen molar-refractivity contribution < 1.29 is 0 Å². The van der Waals surface area contributed by atoms with Crippen LogP contribution in [-0.2, 0) is 6.42 Å². The van der Waals surface area contributed by atoms with Crippen molar-refractivity contribution in [3.63, 3.8) is 0 Å². The molecule has 0 amide bonds. The number of hydrogen-bond acceptors (Lipinski definition) is 2. The SMILES string of the molecule is CC(C)C(Cc1ccc(C2CC2)nn1)C(C)C. The molecule has 94 valence electrons. The maximum Gasteiger partial charge on any atom is 0.0662 e. The van der Waals surface area contributed by atoms with Crippen LogP contribution in [0.25, 0.3) is 0 Å². The van der Waals surface area contributed by atoms with Crippen LogP contribution in [0.2, 0.25) is 0 Å². The quantitative estimate of drug-likeness (QED) is 0.771. The van der Waals surface area contributed by atoms with E-state index in [4.69, 9.17) is 0 Å². The lowest BCUT2D eigenvalue weighted by Crippen LogP contribution is -2.19. The summed E-state index contributed by atoms with van der Waals surface area (Å²) < 4.78 is 0. The highest BCUT2D eigenvalue weighted by atomic mass is 15.1. The van der Waals surface area contributed by atoms with Gasteiger partial charge in [0.05, 0.1) is 11.4 Å². The highest BCUT2D eigenvalue weighted by Gasteiger charge is 2.25. The summed E-state index contributed by atoms with van der Waals surface area (Å²) >= 11 is 0. The zero-order chi connectivity index (χ0) is 12.4. The van der Waals surface area contributed by atoms with Crippen molar-refractivity contribution in [1.29, 1.82) is 0 Å². The summed E-state index contributed by atoms with van der Waals surface area (Å²) in [6.07, 6.45) is 3.66. The van der Waals surface area contributed by atoms with E-state index in [1.54, 1.807) is 0 Å². The molecule has 0 aliphatic heterocycles. The first kappa shape index (κ1) is 12.5. The molecule has 0 spiro atoms. The highest BCUT2D eigenvalue weighted by molar-refractivity contribution is 5.15. The Balaban J connectivity index is 2.01. The minimum atomic E-state index is 0.705. The maximum atomic E-state index is 4.39. The summed E-state index contributed by atoms with van der Waals surface area (Å²) in [4.78, 5) is 0. The number of hydrogen-bond donors (Lipinski definition) is 0. The fourth-order valence-corrected chi connectivity index (χ4v) is 2.56. The van der Waals surface area contributed by atoms with Gasteiger partial charge in [0.15, 0.2) is 0 Å². The van der Waals surface area contributed by atoms with E-state index in [1.807, 2.05) is 0 Å². The Bertz CT molecular complexity index is 342. The average molecular weight is 232 g/mol. The van der Waals surface area contributed by atoms with Crippen LogP contribution in [-0.4, -0.2) is 10.2 Å². The van der Waals surface area contributed by atoms with Gasteiger partial charge in [-0.2, -0.15) is 10.2 Å². The van der Waals surface area contributed by atoms with Gasteiger partial charge in [-0.05, 0) is 49.1 Å². The van der Waals surface area contributed by atoms with E-state index in [0.717, 1.165) is 12.1 Å². The molecule has 1 fully saturated rings. The second-order valence-electron chi connectivity index (χ2n) is 6.08. The summed E-state index contributed by atoms with van der Waals surface area (Å²) in [6, 6.07) is 4.36. The Labute approximate surface area is 105 Å². The van der Waals surface area contributed by atoms with Crippen molar-refractivity contribution in [3.05, 3.63) is 23.5 Å². The highest BCUT2D eigenvalue weighted by Crippen LogP contribution is 2.38. The van der Waals surface area contributed by atoms with Crippen LogP contribution >= 0.6 is 0 Å². The van der Waals surface area contributed by atoms with E-state index in [2.05, 4.69) is 50.0 Å². The zero-order valence-corrected chi connectivity index (χ0v) is 11.5. The second-order valence-corrected chi connectivity index (χ2v) is 6.08. The van der Waals surface area contributed by atoms with Crippen LogP contribution < -0.4 is 0 Å². The van der Waals surface area contributed by atoms with Gasteiger partial charge in [-0.25, -0.2) is 0 Å². The molecule has 2 heteroatoms. The molecule has 1 saturated carbocycles. The van der Waals surface area contributed by atoms with E-state index in [9.17, 15) is 0 Å². The lowest BCUT2D eigenvalue weighted by Gasteiger charge is -2.24. The van der Waals surface area contributed by atoms with Crippen molar-refractivity contribution in [2.75, 3.05) is 0 Å². The van der Waals surface area contributed by atoms with E-state index in [0.29, 0.717) is 23.7 Å². The normalized spacial score (nSPS) is 16.2. The molecule has 2 nitrogen and oxygen atoms in total. The van der Waals surface area contributed by atoms with Crippen molar-refractivity contribution in [2.45, 2.75) is 52.9 Å². The van der Waals surface area contributed by atoms with Gasteiger partial charge in [0, 0.05) is 5.92 Å². The predicted molar refractivity (Wildman–Crippen MR) is 70.9 cm³/mol. The van der Waals surface area contributed by atoms with Crippen molar-refractivity contribution in [2.24, 2.45) is 17.8 Å². The Morgan fingerprint density at radius 1 is 1.06 bits per heavy atom. The summed E-state index contributed by atoms with van der Waals surface area (Å²) in [5, 5.41) is 8.76. The van der Waals surface area contributed by atoms with Gasteiger partial charge in [-0.1, -0.05) is 27.7 Å². The van der Waals surface area contributed by atoms with Crippen LogP contribution in [0.4, 0.5) is 0 Å². The molecule has 0 bridgehead atoms. The Hall–Kier alpha value is -0.920. The predicted octanol–water partition coefficient (Wildman–Crippen LogP) is 3.82. The molecule has 1 aromatic rings. The van der Waals surface area contributed by atoms with Gasteiger partial charge in [-0.15, -0.1) is 0 Å². The van der Waals surface area contributed by atoms with E-state index in [-0.39, 0.29) is 0 Å². The summed E-state index contributed by atoms with van der Waals surface area (Å²) in [7, 11) is 0. The molecule has 0 radical (unpaired) electrons. The van der Waals surface area contributed by atoms with Gasteiger partial charge < -0.3 is 0 Å². The van der Waals surface area contributed by atoms with Crippen molar-refractivity contribution >= 4 is 0 Å². The van der Waals surface area contributed by atoms with Gasteiger partial charge in [-0.3, -0.25) is 0 Å². The van der Waals surface area contributed by atoms with Crippen molar-refractivity contribution in [1.82, 2.24) is 10.2 Å². The maximum absolute atomic E-state index is 4.39. The molecule has 0 aromatic carbocycles. The first-order valence-corrected chi connectivity index (χ1v) is 6.90. The third-order valence-electron chi connectivity index (χ3n) is 3.89. The van der Waals surface area contributed by atoms with Crippen LogP contribution in [0.15, 0.2) is 12.1 Å². The van der Waals surface area contributed by atoms with E-state index < -0.39 is 0 Å². The Morgan fingerprint density at radius 3 is 2.12 bits per heavy atom. The molecule has 2 rings (SSSR count). The standard InChI is InChI=1S/C15H24N2/c1-10(2)14(11(3)4)9-13-7-8-15(17-16-13)12-5-6-12/h7-8,10-12,14H,5-6,9H2,1-4H3. The minimum absolute atomic E-state index is 0.705. The van der Waals surface area contributed by atoms with E-state index >= 15 is 0 Å². The molecular formula is C15H24N2. The number of nitrogens with zero attached hydrogens (tertiary/aromatic N) is 2. The van der Waals surface area contributed by atoms with Gasteiger partial charge >= 0.3 is 0 Å². The monoisotopic (exact) mass is 232 g/mol.